The summed E-state index contributed by atoms with van der Waals surface area (Å²) in [7, 11) is -3.66. The van der Waals surface area contributed by atoms with E-state index in [2.05, 4.69) is 25.5 Å². The quantitative estimate of drug-likeness (QED) is 0.515. The first-order valence-corrected chi connectivity index (χ1v) is 12.2. The molecule has 0 amide bonds. The van der Waals surface area contributed by atoms with Gasteiger partial charge in [0.1, 0.15) is 11.3 Å². The molecule has 160 valence electrons. The van der Waals surface area contributed by atoms with Gasteiger partial charge in [-0.1, -0.05) is 39.3 Å². The number of hydrogen-bond acceptors (Lipinski definition) is 3. The van der Waals surface area contributed by atoms with Crippen molar-refractivity contribution in [3.63, 3.8) is 0 Å². The highest BCUT2D eigenvalue weighted by Crippen LogP contribution is 2.43. The summed E-state index contributed by atoms with van der Waals surface area (Å²) in [5, 5.41) is 1.03. The summed E-state index contributed by atoms with van der Waals surface area (Å²) in [6.45, 7) is 10.7. The molecular formula is C25H31NO3S. The zero-order chi connectivity index (χ0) is 21.7. The number of fused-ring (bicyclic) bond motifs is 3. The predicted octanol–water partition coefficient (Wildman–Crippen LogP) is 6.39. The summed E-state index contributed by atoms with van der Waals surface area (Å²) in [6, 6.07) is 11.1. The van der Waals surface area contributed by atoms with Crippen LogP contribution in [-0.2, 0) is 22.9 Å². The smallest absolute Gasteiger partial charge is 0.262 e. The van der Waals surface area contributed by atoms with Gasteiger partial charge in [-0.3, -0.25) is 4.72 Å². The van der Waals surface area contributed by atoms with Crippen LogP contribution in [0, 0.1) is 25.2 Å². The monoisotopic (exact) mass is 425 g/mol. The van der Waals surface area contributed by atoms with Crippen LogP contribution >= 0.6 is 0 Å². The lowest BCUT2D eigenvalue weighted by Gasteiger charge is -2.36. The number of aryl methyl sites for hydroxylation is 3. The maximum Gasteiger partial charge on any atom is 0.262 e. The Morgan fingerprint density at radius 1 is 1.13 bits per heavy atom. The Morgan fingerprint density at radius 2 is 1.90 bits per heavy atom. The van der Waals surface area contributed by atoms with Crippen molar-refractivity contribution >= 4 is 26.7 Å². The molecule has 0 radical (unpaired) electrons. The van der Waals surface area contributed by atoms with Gasteiger partial charge in [0.2, 0.25) is 0 Å². The van der Waals surface area contributed by atoms with Gasteiger partial charge < -0.3 is 4.42 Å². The summed E-state index contributed by atoms with van der Waals surface area (Å²) in [4.78, 5) is 0.321. The van der Waals surface area contributed by atoms with Crippen molar-refractivity contribution < 1.29 is 12.8 Å². The maximum absolute atomic E-state index is 13.0. The molecule has 0 aliphatic heterocycles. The van der Waals surface area contributed by atoms with Gasteiger partial charge in [0, 0.05) is 23.1 Å². The normalized spacial score (nSPS) is 17.2. The van der Waals surface area contributed by atoms with Crippen molar-refractivity contribution in [2.45, 2.75) is 65.2 Å². The topological polar surface area (TPSA) is 59.3 Å². The lowest BCUT2D eigenvalue weighted by molar-refractivity contribution is 0.179. The summed E-state index contributed by atoms with van der Waals surface area (Å²) >= 11 is 0. The molecule has 0 saturated heterocycles. The Balaban J connectivity index is 1.69. The first-order valence-electron chi connectivity index (χ1n) is 10.7. The zero-order valence-corrected chi connectivity index (χ0v) is 19.3. The Bertz CT molecular complexity index is 1200. The molecule has 1 N–H and O–H groups in total. The van der Waals surface area contributed by atoms with Crippen LogP contribution in [-0.4, -0.2) is 8.42 Å². The third-order valence-corrected chi connectivity index (χ3v) is 8.47. The van der Waals surface area contributed by atoms with E-state index in [1.165, 1.54) is 5.56 Å². The van der Waals surface area contributed by atoms with Gasteiger partial charge in [-0.05, 0) is 73.4 Å². The molecule has 1 aromatic heterocycles. The van der Waals surface area contributed by atoms with E-state index in [0.717, 1.165) is 53.5 Å². The molecule has 1 aliphatic rings. The van der Waals surface area contributed by atoms with Crippen LogP contribution in [0.5, 0.6) is 0 Å². The van der Waals surface area contributed by atoms with Gasteiger partial charge in [0.15, 0.2) is 0 Å². The molecule has 4 rings (SSSR count). The number of benzene rings is 2. The summed E-state index contributed by atoms with van der Waals surface area (Å²) in [6.07, 6.45) is 4.21. The lowest BCUT2D eigenvalue weighted by atomic mass is 9.69. The predicted molar refractivity (Wildman–Crippen MR) is 123 cm³/mol. The van der Waals surface area contributed by atoms with Gasteiger partial charge in [-0.25, -0.2) is 8.42 Å². The average molecular weight is 426 g/mol. The third kappa shape index (κ3) is 3.76. The Labute approximate surface area is 179 Å². The van der Waals surface area contributed by atoms with E-state index >= 15 is 0 Å². The highest BCUT2D eigenvalue weighted by molar-refractivity contribution is 7.92. The van der Waals surface area contributed by atoms with Crippen molar-refractivity contribution in [1.82, 2.24) is 0 Å². The van der Waals surface area contributed by atoms with Crippen molar-refractivity contribution in [2.24, 2.45) is 11.3 Å². The molecule has 1 aliphatic carbocycles. The molecule has 5 heteroatoms. The fraction of sp³-hybridized carbons (Fsp3) is 0.440. The van der Waals surface area contributed by atoms with E-state index in [-0.39, 0.29) is 5.41 Å². The molecule has 0 bridgehead atoms. The van der Waals surface area contributed by atoms with E-state index < -0.39 is 10.0 Å². The lowest BCUT2D eigenvalue weighted by Crippen LogP contribution is -2.28. The molecule has 30 heavy (non-hydrogen) atoms. The van der Waals surface area contributed by atoms with E-state index in [1.54, 1.807) is 12.1 Å². The van der Waals surface area contributed by atoms with E-state index in [9.17, 15) is 8.42 Å². The molecule has 1 heterocycles. The Hall–Kier alpha value is -2.27. The van der Waals surface area contributed by atoms with E-state index in [1.807, 2.05) is 38.1 Å². The summed E-state index contributed by atoms with van der Waals surface area (Å²) in [5.41, 5.74) is 4.59. The summed E-state index contributed by atoms with van der Waals surface area (Å²) in [5.74, 6) is 1.66. The van der Waals surface area contributed by atoms with Crippen LogP contribution in [0.25, 0.3) is 11.0 Å². The van der Waals surface area contributed by atoms with Crippen LogP contribution < -0.4 is 4.72 Å². The van der Waals surface area contributed by atoms with Gasteiger partial charge in [0.05, 0.1) is 4.90 Å². The molecule has 3 aromatic rings. The van der Waals surface area contributed by atoms with Crippen LogP contribution in [0.3, 0.4) is 0 Å². The van der Waals surface area contributed by atoms with Gasteiger partial charge >= 0.3 is 0 Å². The standard InChI is InChI=1S/C25H31NO3S/c1-6-25(4,5)18-9-11-22-20(14-18)21-15-19(10-12-23(21)29-22)26-30(27,28)24-13-16(2)7-8-17(24)3/h7-8,10,12-13,15,18,26H,6,9,11,14H2,1-5H3. The second-order valence-electron chi connectivity index (χ2n) is 9.37. The van der Waals surface area contributed by atoms with E-state index in [0.29, 0.717) is 16.5 Å². The SMILES string of the molecule is CCC(C)(C)C1CCc2oc3ccc(NS(=O)(=O)c4cc(C)ccc4C)cc3c2C1. The maximum atomic E-state index is 13.0. The van der Waals surface area contributed by atoms with Crippen molar-refractivity contribution in [2.75, 3.05) is 4.72 Å². The van der Waals surface area contributed by atoms with Crippen LogP contribution in [0.2, 0.25) is 0 Å². The molecule has 0 saturated carbocycles. The number of hydrogen-bond donors (Lipinski definition) is 1. The van der Waals surface area contributed by atoms with E-state index in [4.69, 9.17) is 4.42 Å². The van der Waals surface area contributed by atoms with Gasteiger partial charge in [-0.15, -0.1) is 0 Å². The van der Waals surface area contributed by atoms with Crippen LogP contribution in [0.4, 0.5) is 5.69 Å². The number of anilines is 1. The fourth-order valence-electron chi connectivity index (χ4n) is 4.50. The number of furan rings is 1. The molecule has 1 atom stereocenters. The van der Waals surface area contributed by atoms with Crippen molar-refractivity contribution in [3.05, 3.63) is 58.8 Å². The Morgan fingerprint density at radius 3 is 2.63 bits per heavy atom. The number of rotatable bonds is 5. The minimum absolute atomic E-state index is 0.281. The molecule has 1 unspecified atom stereocenters. The largest absolute Gasteiger partial charge is 0.461 e. The third-order valence-electron chi connectivity index (χ3n) is 6.95. The van der Waals surface area contributed by atoms with Crippen LogP contribution in [0.15, 0.2) is 45.7 Å². The molecule has 0 spiro atoms. The molecule has 0 fully saturated rings. The summed E-state index contributed by atoms with van der Waals surface area (Å²) < 4.78 is 34.9. The van der Waals surface area contributed by atoms with Gasteiger partial charge in [0.25, 0.3) is 10.0 Å². The second kappa shape index (κ2) is 7.45. The second-order valence-corrected chi connectivity index (χ2v) is 11.0. The molecule has 2 aromatic carbocycles. The minimum atomic E-state index is -3.66. The molecular weight excluding hydrogens is 394 g/mol. The van der Waals surface area contributed by atoms with Crippen LogP contribution in [0.1, 0.15) is 56.1 Å². The zero-order valence-electron chi connectivity index (χ0n) is 18.5. The number of sulfonamides is 1. The number of nitrogens with one attached hydrogen (secondary N) is 1. The highest BCUT2D eigenvalue weighted by Gasteiger charge is 2.33. The van der Waals surface area contributed by atoms with Crippen molar-refractivity contribution in [1.29, 1.82) is 0 Å². The average Bonchev–Trinajstić information content (AvgIpc) is 3.06. The first kappa shape index (κ1) is 21.0. The minimum Gasteiger partial charge on any atom is -0.461 e. The van der Waals surface area contributed by atoms with Crippen molar-refractivity contribution in [3.8, 4) is 0 Å². The highest BCUT2D eigenvalue weighted by atomic mass is 32.2. The first-order chi connectivity index (χ1) is 14.1. The van der Waals surface area contributed by atoms with Gasteiger partial charge in [-0.2, -0.15) is 0 Å². The fourth-order valence-corrected chi connectivity index (χ4v) is 5.89. The Kier molecular flexibility index (Phi) is 5.21. The molecule has 4 nitrogen and oxygen atoms in total.